The van der Waals surface area contributed by atoms with E-state index in [0.717, 1.165) is 30.6 Å². The van der Waals surface area contributed by atoms with Crippen molar-refractivity contribution in [2.24, 2.45) is 11.8 Å². The third-order valence-corrected chi connectivity index (χ3v) is 3.63. The molecule has 15 heavy (non-hydrogen) atoms. The van der Waals surface area contributed by atoms with Gasteiger partial charge in [-0.25, -0.2) is 4.68 Å². The Labute approximate surface area is 90.0 Å². The molecule has 2 heterocycles. The van der Waals surface area contributed by atoms with Crippen LogP contribution in [0.5, 0.6) is 0 Å². The lowest BCUT2D eigenvalue weighted by Gasteiger charge is -2.13. The SMILES string of the molecule is CC(C)(C)c1cn(C2C3CNCC32)nn1. The fourth-order valence-electron chi connectivity index (χ4n) is 2.54. The Morgan fingerprint density at radius 1 is 1.33 bits per heavy atom. The van der Waals surface area contributed by atoms with E-state index in [0.29, 0.717) is 6.04 Å². The topological polar surface area (TPSA) is 42.7 Å². The zero-order valence-corrected chi connectivity index (χ0v) is 9.57. The number of nitrogens with zero attached hydrogens (tertiary/aromatic N) is 3. The molecular formula is C11H18N4. The van der Waals surface area contributed by atoms with E-state index in [-0.39, 0.29) is 5.41 Å². The van der Waals surface area contributed by atoms with E-state index >= 15 is 0 Å². The molecule has 0 radical (unpaired) electrons. The number of hydrogen-bond acceptors (Lipinski definition) is 3. The van der Waals surface area contributed by atoms with E-state index in [1.165, 1.54) is 0 Å². The smallest absolute Gasteiger partial charge is 0.0880 e. The van der Waals surface area contributed by atoms with E-state index in [1.807, 2.05) is 0 Å². The molecule has 0 spiro atoms. The monoisotopic (exact) mass is 206 g/mol. The zero-order chi connectivity index (χ0) is 10.6. The van der Waals surface area contributed by atoms with Gasteiger partial charge in [-0.1, -0.05) is 26.0 Å². The third-order valence-electron chi connectivity index (χ3n) is 3.63. The van der Waals surface area contributed by atoms with Crippen molar-refractivity contribution in [2.45, 2.75) is 32.2 Å². The second-order valence-electron chi connectivity index (χ2n) is 5.81. The van der Waals surface area contributed by atoms with E-state index < -0.39 is 0 Å². The molecule has 2 aliphatic rings. The number of piperidine rings is 1. The quantitative estimate of drug-likeness (QED) is 0.744. The van der Waals surface area contributed by atoms with Gasteiger partial charge in [-0.05, 0) is 0 Å². The summed E-state index contributed by atoms with van der Waals surface area (Å²) in [5.74, 6) is 1.61. The first-order chi connectivity index (χ1) is 7.07. The second kappa shape index (κ2) is 2.82. The summed E-state index contributed by atoms with van der Waals surface area (Å²) in [6.45, 7) is 8.84. The number of nitrogens with one attached hydrogen (secondary N) is 1. The highest BCUT2D eigenvalue weighted by molar-refractivity contribution is 5.12. The van der Waals surface area contributed by atoms with Gasteiger partial charge in [-0.2, -0.15) is 0 Å². The molecule has 1 saturated carbocycles. The number of fused-ring (bicyclic) bond motifs is 1. The van der Waals surface area contributed by atoms with Gasteiger partial charge in [0.2, 0.25) is 0 Å². The Hall–Kier alpha value is -0.900. The first-order valence-electron chi connectivity index (χ1n) is 5.70. The summed E-state index contributed by atoms with van der Waals surface area (Å²) in [5.41, 5.74) is 1.21. The lowest BCUT2D eigenvalue weighted by molar-refractivity contribution is 0.509. The van der Waals surface area contributed by atoms with Crippen molar-refractivity contribution in [2.75, 3.05) is 13.1 Å². The third kappa shape index (κ3) is 1.39. The van der Waals surface area contributed by atoms with Crippen LogP contribution in [-0.2, 0) is 5.41 Å². The number of rotatable bonds is 1. The van der Waals surface area contributed by atoms with Crippen molar-refractivity contribution in [3.63, 3.8) is 0 Å². The van der Waals surface area contributed by atoms with Gasteiger partial charge in [0.05, 0.1) is 11.7 Å². The van der Waals surface area contributed by atoms with E-state index in [9.17, 15) is 0 Å². The first kappa shape index (κ1) is 9.33. The fourth-order valence-corrected chi connectivity index (χ4v) is 2.54. The van der Waals surface area contributed by atoms with Crippen LogP contribution in [0.3, 0.4) is 0 Å². The summed E-state index contributed by atoms with van der Waals surface area (Å²) in [6.07, 6.45) is 2.13. The van der Waals surface area contributed by atoms with Gasteiger partial charge in [-0.3, -0.25) is 0 Å². The van der Waals surface area contributed by atoms with Crippen LogP contribution < -0.4 is 5.32 Å². The average molecular weight is 206 g/mol. The summed E-state index contributed by atoms with van der Waals surface area (Å²) in [5, 5.41) is 11.9. The minimum atomic E-state index is 0.112. The van der Waals surface area contributed by atoms with Gasteiger partial charge in [-0.15, -0.1) is 5.10 Å². The van der Waals surface area contributed by atoms with Gasteiger partial charge >= 0.3 is 0 Å². The Kier molecular flexibility index (Phi) is 1.75. The molecule has 1 aromatic rings. The minimum absolute atomic E-state index is 0.112. The molecule has 0 aromatic carbocycles. The molecule has 2 fully saturated rings. The minimum Gasteiger partial charge on any atom is -0.316 e. The Balaban J connectivity index is 1.81. The van der Waals surface area contributed by atoms with Gasteiger partial charge < -0.3 is 5.32 Å². The predicted octanol–water partition coefficient (Wildman–Crippen LogP) is 0.966. The maximum absolute atomic E-state index is 4.27. The molecule has 0 amide bonds. The number of hydrogen-bond donors (Lipinski definition) is 1. The van der Waals surface area contributed by atoms with Gasteiger partial charge in [0.15, 0.2) is 0 Å². The molecule has 1 saturated heterocycles. The summed E-state index contributed by atoms with van der Waals surface area (Å²) < 4.78 is 2.08. The molecule has 4 heteroatoms. The van der Waals surface area contributed by atoms with Gasteiger partial charge in [0.1, 0.15) is 0 Å². The standard InChI is InChI=1S/C11H18N4/c1-11(2,3)9-6-15(14-13-9)10-7-4-12-5-8(7)10/h6-8,10,12H,4-5H2,1-3H3. The lowest BCUT2D eigenvalue weighted by atomic mass is 9.93. The van der Waals surface area contributed by atoms with Crippen molar-refractivity contribution >= 4 is 0 Å². The predicted molar refractivity (Wildman–Crippen MR) is 57.6 cm³/mol. The maximum atomic E-state index is 4.27. The molecule has 1 aromatic heterocycles. The van der Waals surface area contributed by atoms with Crippen LogP contribution in [0, 0.1) is 11.8 Å². The molecule has 82 valence electrons. The molecule has 2 atom stereocenters. The van der Waals surface area contributed by atoms with Crippen LogP contribution in [0.1, 0.15) is 32.5 Å². The van der Waals surface area contributed by atoms with E-state index in [2.05, 4.69) is 47.3 Å². The maximum Gasteiger partial charge on any atom is 0.0880 e. The highest BCUT2D eigenvalue weighted by Crippen LogP contribution is 2.52. The van der Waals surface area contributed by atoms with Crippen molar-refractivity contribution in [1.29, 1.82) is 0 Å². The lowest BCUT2D eigenvalue weighted by Crippen LogP contribution is -2.17. The largest absolute Gasteiger partial charge is 0.316 e. The summed E-state index contributed by atoms with van der Waals surface area (Å²) in [6, 6.07) is 0.620. The summed E-state index contributed by atoms with van der Waals surface area (Å²) >= 11 is 0. The fraction of sp³-hybridized carbons (Fsp3) is 0.818. The highest BCUT2D eigenvalue weighted by atomic mass is 15.5. The molecule has 3 rings (SSSR count). The average Bonchev–Trinajstić information content (AvgIpc) is 2.60. The Bertz CT molecular complexity index is 366. The van der Waals surface area contributed by atoms with Crippen LogP contribution in [-0.4, -0.2) is 28.1 Å². The highest BCUT2D eigenvalue weighted by Gasteiger charge is 2.54. The van der Waals surface area contributed by atoms with Crippen LogP contribution >= 0.6 is 0 Å². The zero-order valence-electron chi connectivity index (χ0n) is 9.57. The second-order valence-corrected chi connectivity index (χ2v) is 5.81. The Morgan fingerprint density at radius 2 is 2.00 bits per heavy atom. The Morgan fingerprint density at radius 3 is 2.53 bits per heavy atom. The van der Waals surface area contributed by atoms with Crippen LogP contribution in [0.2, 0.25) is 0 Å². The molecule has 0 bridgehead atoms. The van der Waals surface area contributed by atoms with Crippen LogP contribution in [0.25, 0.3) is 0 Å². The molecule has 1 N–H and O–H groups in total. The molecule has 2 unspecified atom stereocenters. The van der Waals surface area contributed by atoms with Gasteiger partial charge in [0.25, 0.3) is 0 Å². The van der Waals surface area contributed by atoms with Crippen molar-refractivity contribution in [3.8, 4) is 0 Å². The van der Waals surface area contributed by atoms with Crippen molar-refractivity contribution < 1.29 is 0 Å². The molecule has 1 aliphatic carbocycles. The number of aromatic nitrogens is 3. The molecule has 1 aliphatic heterocycles. The van der Waals surface area contributed by atoms with E-state index in [1.54, 1.807) is 0 Å². The first-order valence-corrected chi connectivity index (χ1v) is 5.70. The van der Waals surface area contributed by atoms with Crippen LogP contribution in [0.4, 0.5) is 0 Å². The normalized spacial score (nSPS) is 34.2. The van der Waals surface area contributed by atoms with Crippen molar-refractivity contribution in [1.82, 2.24) is 20.3 Å². The van der Waals surface area contributed by atoms with Crippen molar-refractivity contribution in [3.05, 3.63) is 11.9 Å². The molecular weight excluding hydrogens is 188 g/mol. The van der Waals surface area contributed by atoms with E-state index in [4.69, 9.17) is 0 Å². The summed E-state index contributed by atoms with van der Waals surface area (Å²) in [7, 11) is 0. The summed E-state index contributed by atoms with van der Waals surface area (Å²) in [4.78, 5) is 0. The van der Waals surface area contributed by atoms with Gasteiger partial charge in [0, 0.05) is 36.5 Å². The van der Waals surface area contributed by atoms with Crippen LogP contribution in [0.15, 0.2) is 6.20 Å². The molecule has 4 nitrogen and oxygen atoms in total.